The predicted octanol–water partition coefficient (Wildman–Crippen LogP) is 3.24. The van der Waals surface area contributed by atoms with E-state index in [1.165, 1.54) is 13.0 Å². The first-order valence-corrected chi connectivity index (χ1v) is 6.44. The Morgan fingerprint density at radius 1 is 1.45 bits per heavy atom. The maximum atomic E-state index is 13.1. The van der Waals surface area contributed by atoms with Crippen LogP contribution in [0, 0.1) is 5.82 Å². The van der Waals surface area contributed by atoms with E-state index in [0.29, 0.717) is 6.42 Å². The van der Waals surface area contributed by atoms with Crippen LogP contribution in [-0.2, 0) is 4.79 Å². The lowest BCUT2D eigenvalue weighted by atomic mass is 9.97. The van der Waals surface area contributed by atoms with Crippen LogP contribution in [0.15, 0.2) is 18.2 Å². The lowest BCUT2D eigenvalue weighted by molar-refractivity contribution is -0.143. The summed E-state index contributed by atoms with van der Waals surface area (Å²) in [6.45, 7) is 3.22. The highest BCUT2D eigenvalue weighted by Crippen LogP contribution is 2.22. The maximum Gasteiger partial charge on any atom is 0.329 e. The summed E-state index contributed by atoms with van der Waals surface area (Å²) >= 11 is 5.81. The number of urea groups is 1. The van der Waals surface area contributed by atoms with Crippen LogP contribution in [0.3, 0.4) is 0 Å². The predicted molar refractivity (Wildman–Crippen MR) is 74.5 cm³/mol. The molecule has 0 fully saturated rings. The summed E-state index contributed by atoms with van der Waals surface area (Å²) in [7, 11) is 0. The third-order valence-corrected chi connectivity index (χ3v) is 3.12. The molecule has 0 aliphatic heterocycles. The van der Waals surface area contributed by atoms with Gasteiger partial charge >= 0.3 is 12.0 Å². The summed E-state index contributed by atoms with van der Waals surface area (Å²) in [4.78, 5) is 23.0. The smallest absolute Gasteiger partial charge is 0.329 e. The fraction of sp³-hybridized carbons (Fsp3) is 0.385. The Kier molecular flexibility index (Phi) is 5.33. The second-order valence-corrected chi connectivity index (χ2v) is 5.00. The normalized spacial score (nSPS) is 13.4. The average molecular weight is 303 g/mol. The zero-order chi connectivity index (χ0) is 15.3. The number of aliphatic carboxylic acids is 1. The van der Waals surface area contributed by atoms with Gasteiger partial charge in [-0.3, -0.25) is 0 Å². The van der Waals surface area contributed by atoms with E-state index in [0.717, 1.165) is 12.1 Å². The molecule has 1 aromatic carbocycles. The number of hydrogen-bond acceptors (Lipinski definition) is 2. The topological polar surface area (TPSA) is 78.4 Å². The first-order chi connectivity index (χ1) is 9.28. The zero-order valence-electron chi connectivity index (χ0n) is 11.2. The number of nitrogens with one attached hydrogen (secondary N) is 2. The van der Waals surface area contributed by atoms with Crippen molar-refractivity contribution in [1.29, 1.82) is 0 Å². The second kappa shape index (κ2) is 6.56. The number of carbonyl (C=O) groups excluding carboxylic acids is 1. The molecule has 20 heavy (non-hydrogen) atoms. The highest BCUT2D eigenvalue weighted by molar-refractivity contribution is 6.33. The molecule has 0 aliphatic rings. The van der Waals surface area contributed by atoms with Gasteiger partial charge in [-0.2, -0.15) is 0 Å². The molecule has 3 N–H and O–H groups in total. The van der Waals surface area contributed by atoms with E-state index in [1.54, 1.807) is 0 Å². The van der Waals surface area contributed by atoms with Gasteiger partial charge in [0.05, 0.1) is 10.7 Å². The fourth-order valence-corrected chi connectivity index (χ4v) is 1.89. The molecule has 5 nitrogen and oxygen atoms in total. The molecule has 0 radical (unpaired) electrons. The van der Waals surface area contributed by atoms with E-state index >= 15 is 0 Å². The molecule has 1 aromatic rings. The van der Waals surface area contributed by atoms with Gasteiger partial charge < -0.3 is 15.7 Å². The van der Waals surface area contributed by atoms with E-state index < -0.39 is 23.4 Å². The Labute approximate surface area is 121 Å². The van der Waals surface area contributed by atoms with E-state index in [9.17, 15) is 14.0 Å². The highest BCUT2D eigenvalue weighted by Gasteiger charge is 2.33. The van der Waals surface area contributed by atoms with Crippen molar-refractivity contribution < 1.29 is 19.1 Å². The van der Waals surface area contributed by atoms with Crippen LogP contribution < -0.4 is 10.6 Å². The summed E-state index contributed by atoms with van der Waals surface area (Å²) in [5, 5.41) is 14.0. The highest BCUT2D eigenvalue weighted by atomic mass is 35.5. The molecule has 0 spiro atoms. The van der Waals surface area contributed by atoms with E-state index in [2.05, 4.69) is 10.6 Å². The van der Waals surface area contributed by atoms with Crippen molar-refractivity contribution in [2.75, 3.05) is 5.32 Å². The number of hydrogen-bond donors (Lipinski definition) is 3. The van der Waals surface area contributed by atoms with Gasteiger partial charge in [-0.15, -0.1) is 0 Å². The molecule has 1 rings (SSSR count). The number of carboxylic acid groups (broad SMARTS) is 1. The molecule has 0 saturated carbocycles. The number of halogens is 2. The van der Waals surface area contributed by atoms with Gasteiger partial charge in [0.15, 0.2) is 0 Å². The monoisotopic (exact) mass is 302 g/mol. The molecular weight excluding hydrogens is 287 g/mol. The van der Waals surface area contributed by atoms with Crippen molar-refractivity contribution in [2.45, 2.75) is 32.2 Å². The quantitative estimate of drug-likeness (QED) is 0.781. The number of benzene rings is 1. The zero-order valence-corrected chi connectivity index (χ0v) is 11.9. The largest absolute Gasteiger partial charge is 0.480 e. The molecule has 0 saturated heterocycles. The van der Waals surface area contributed by atoms with Crippen molar-refractivity contribution in [3.63, 3.8) is 0 Å². The molecule has 1 atom stereocenters. The van der Waals surface area contributed by atoms with Crippen molar-refractivity contribution in [3.05, 3.63) is 29.0 Å². The van der Waals surface area contributed by atoms with E-state index in [4.69, 9.17) is 16.7 Å². The standard InChI is InChI=1S/C13H16ClFN2O3/c1-3-6-13(2,11(18)19)17-12(20)16-10-7-8(15)4-5-9(10)14/h4-5,7H,3,6H2,1-2H3,(H,18,19)(H2,16,17,20). The van der Waals surface area contributed by atoms with Gasteiger partial charge in [0.1, 0.15) is 11.4 Å². The molecule has 110 valence electrons. The first kappa shape index (κ1) is 16.2. The summed E-state index contributed by atoms with van der Waals surface area (Å²) in [6, 6.07) is 2.76. The molecule has 0 heterocycles. The van der Waals surface area contributed by atoms with Gasteiger partial charge in [0.2, 0.25) is 0 Å². The van der Waals surface area contributed by atoms with Gasteiger partial charge in [-0.05, 0) is 31.5 Å². The fourth-order valence-electron chi connectivity index (χ4n) is 1.72. The first-order valence-electron chi connectivity index (χ1n) is 6.06. The SMILES string of the molecule is CCCC(C)(NC(=O)Nc1cc(F)ccc1Cl)C(=O)O. The third kappa shape index (κ3) is 4.09. The average Bonchev–Trinajstić information content (AvgIpc) is 2.33. The minimum atomic E-state index is -1.39. The van der Waals surface area contributed by atoms with Crippen LogP contribution in [0.4, 0.5) is 14.9 Å². The molecule has 0 aliphatic carbocycles. The van der Waals surface area contributed by atoms with Crippen LogP contribution in [0.1, 0.15) is 26.7 Å². The Balaban J connectivity index is 2.81. The van der Waals surface area contributed by atoms with Crippen molar-refractivity contribution in [2.24, 2.45) is 0 Å². The minimum Gasteiger partial charge on any atom is -0.480 e. The van der Waals surface area contributed by atoms with Crippen molar-refractivity contribution in [1.82, 2.24) is 5.32 Å². The summed E-state index contributed by atoms with van der Waals surface area (Å²) in [6.07, 6.45) is 0.858. The van der Waals surface area contributed by atoms with E-state index in [-0.39, 0.29) is 17.1 Å². The van der Waals surface area contributed by atoms with E-state index in [1.807, 2.05) is 6.92 Å². The van der Waals surface area contributed by atoms with Crippen molar-refractivity contribution in [3.8, 4) is 0 Å². The summed E-state index contributed by atoms with van der Waals surface area (Å²) in [5.41, 5.74) is -1.31. The van der Waals surface area contributed by atoms with Gasteiger partial charge in [-0.1, -0.05) is 24.9 Å². The van der Waals surface area contributed by atoms with Crippen LogP contribution in [0.2, 0.25) is 5.02 Å². The molecular formula is C13H16ClFN2O3. The number of amides is 2. The Bertz CT molecular complexity index is 524. The summed E-state index contributed by atoms with van der Waals surface area (Å²) < 4.78 is 13.1. The molecule has 0 aromatic heterocycles. The molecule has 2 amide bonds. The molecule has 1 unspecified atom stereocenters. The van der Waals surface area contributed by atoms with Crippen LogP contribution in [-0.4, -0.2) is 22.6 Å². The van der Waals surface area contributed by atoms with Crippen LogP contribution >= 0.6 is 11.6 Å². The summed E-state index contributed by atoms with van der Waals surface area (Å²) in [5.74, 6) is -1.70. The maximum absolute atomic E-state index is 13.1. The number of anilines is 1. The molecule has 0 bridgehead atoms. The number of carboxylic acids is 1. The van der Waals surface area contributed by atoms with Gasteiger partial charge in [0.25, 0.3) is 0 Å². The van der Waals surface area contributed by atoms with Gasteiger partial charge in [0, 0.05) is 0 Å². The Morgan fingerprint density at radius 3 is 2.65 bits per heavy atom. The Morgan fingerprint density at radius 2 is 2.10 bits per heavy atom. The minimum absolute atomic E-state index is 0.0772. The lowest BCUT2D eigenvalue weighted by Gasteiger charge is -2.25. The second-order valence-electron chi connectivity index (χ2n) is 4.59. The number of carbonyl (C=O) groups is 2. The Hall–Kier alpha value is -1.82. The van der Waals surface area contributed by atoms with Crippen LogP contribution in [0.25, 0.3) is 0 Å². The lowest BCUT2D eigenvalue weighted by Crippen LogP contribution is -2.53. The van der Waals surface area contributed by atoms with Gasteiger partial charge in [-0.25, -0.2) is 14.0 Å². The third-order valence-electron chi connectivity index (χ3n) is 2.79. The number of rotatable bonds is 5. The van der Waals surface area contributed by atoms with Crippen molar-refractivity contribution >= 4 is 29.3 Å². The van der Waals surface area contributed by atoms with Crippen LogP contribution in [0.5, 0.6) is 0 Å². The molecule has 7 heteroatoms.